The van der Waals surface area contributed by atoms with Crippen molar-refractivity contribution in [3.05, 3.63) is 33.0 Å². The largest absolute Gasteiger partial charge is 0.351 e. The van der Waals surface area contributed by atoms with Crippen LogP contribution in [0.3, 0.4) is 0 Å². The molecule has 0 saturated heterocycles. The third kappa shape index (κ3) is 4.11. The van der Waals surface area contributed by atoms with Crippen molar-refractivity contribution in [1.82, 2.24) is 5.43 Å². The number of hydrogen-bond acceptors (Lipinski definition) is 4. The van der Waals surface area contributed by atoms with E-state index in [1.165, 1.54) is 0 Å². The Bertz CT molecular complexity index is 417. The van der Waals surface area contributed by atoms with Crippen LogP contribution >= 0.6 is 27.5 Å². The zero-order valence-corrected chi connectivity index (χ0v) is 13.1. The minimum absolute atomic E-state index is 0.00416. The maximum absolute atomic E-state index is 14.2. The van der Waals surface area contributed by atoms with E-state index in [9.17, 15) is 4.39 Å². The Balaban J connectivity index is 3.10. The summed E-state index contributed by atoms with van der Waals surface area (Å²) in [5, 5.41) is 0.00416. The van der Waals surface area contributed by atoms with Crippen LogP contribution in [-0.2, 0) is 9.47 Å². The van der Waals surface area contributed by atoms with Crippen molar-refractivity contribution in [3.8, 4) is 0 Å². The van der Waals surface area contributed by atoms with Crippen LogP contribution in [0, 0.1) is 5.82 Å². The van der Waals surface area contributed by atoms with E-state index in [0.29, 0.717) is 23.2 Å². The van der Waals surface area contributed by atoms with Gasteiger partial charge in [-0.05, 0) is 35.8 Å². The van der Waals surface area contributed by atoms with Crippen LogP contribution in [-0.4, -0.2) is 19.5 Å². The Morgan fingerprint density at radius 2 is 1.95 bits per heavy atom. The molecule has 1 aromatic carbocycles. The molecule has 108 valence electrons. The number of ether oxygens (including phenoxy) is 2. The maximum atomic E-state index is 14.2. The normalized spacial score (nSPS) is 13.0. The van der Waals surface area contributed by atoms with Gasteiger partial charge in [-0.3, -0.25) is 5.84 Å². The fourth-order valence-electron chi connectivity index (χ4n) is 1.67. The second-order valence-electron chi connectivity index (χ2n) is 3.69. The first kappa shape index (κ1) is 16.8. The highest BCUT2D eigenvalue weighted by molar-refractivity contribution is 9.10. The van der Waals surface area contributed by atoms with E-state index in [0.717, 1.165) is 0 Å². The van der Waals surface area contributed by atoms with Gasteiger partial charge in [-0.2, -0.15) is 0 Å². The molecule has 4 nitrogen and oxygen atoms in total. The molecule has 0 radical (unpaired) electrons. The van der Waals surface area contributed by atoms with Gasteiger partial charge < -0.3 is 9.47 Å². The summed E-state index contributed by atoms with van der Waals surface area (Å²) >= 11 is 9.03. The lowest BCUT2D eigenvalue weighted by atomic mass is 10.1. The molecule has 0 aromatic heterocycles. The Kier molecular flexibility index (Phi) is 7.20. The first-order chi connectivity index (χ1) is 9.06. The fraction of sp³-hybridized carbons (Fsp3) is 0.500. The summed E-state index contributed by atoms with van der Waals surface area (Å²) in [6.45, 7) is 4.50. The lowest BCUT2D eigenvalue weighted by Crippen LogP contribution is -2.40. The zero-order valence-electron chi connectivity index (χ0n) is 10.8. The number of nitrogens with two attached hydrogens (primary N) is 1. The van der Waals surface area contributed by atoms with Crippen molar-refractivity contribution < 1.29 is 13.9 Å². The number of hydrogen-bond donors (Lipinski definition) is 2. The first-order valence-electron chi connectivity index (χ1n) is 5.89. The van der Waals surface area contributed by atoms with Gasteiger partial charge in [0.15, 0.2) is 6.29 Å². The summed E-state index contributed by atoms with van der Waals surface area (Å²) in [7, 11) is 0. The number of rotatable bonds is 7. The molecular weight excluding hydrogens is 338 g/mol. The molecule has 19 heavy (non-hydrogen) atoms. The predicted octanol–water partition coefficient (Wildman–Crippen LogP) is 3.15. The van der Waals surface area contributed by atoms with Crippen molar-refractivity contribution in [3.63, 3.8) is 0 Å². The zero-order chi connectivity index (χ0) is 14.4. The number of benzene rings is 1. The van der Waals surface area contributed by atoms with Gasteiger partial charge in [-0.25, -0.2) is 9.82 Å². The second-order valence-corrected chi connectivity index (χ2v) is 4.92. The van der Waals surface area contributed by atoms with Gasteiger partial charge in [0.05, 0.1) is 11.1 Å². The molecule has 1 aromatic rings. The lowest BCUT2D eigenvalue weighted by Gasteiger charge is -2.27. The predicted molar refractivity (Wildman–Crippen MR) is 76.2 cm³/mol. The van der Waals surface area contributed by atoms with Gasteiger partial charge >= 0.3 is 0 Å². The molecule has 3 N–H and O–H groups in total. The van der Waals surface area contributed by atoms with Gasteiger partial charge in [-0.15, -0.1) is 0 Å². The number of hydrazine groups is 1. The molecule has 0 bridgehead atoms. The SMILES string of the molecule is CCOC(OCC)C(NN)c1ccc(Br)c(Cl)c1F. The van der Waals surface area contributed by atoms with Gasteiger partial charge in [0.25, 0.3) is 0 Å². The molecule has 0 aliphatic rings. The van der Waals surface area contributed by atoms with Gasteiger partial charge in [0.2, 0.25) is 0 Å². The highest BCUT2D eigenvalue weighted by Gasteiger charge is 2.27. The summed E-state index contributed by atoms with van der Waals surface area (Å²) in [4.78, 5) is 0. The molecule has 1 atom stereocenters. The minimum Gasteiger partial charge on any atom is -0.351 e. The van der Waals surface area contributed by atoms with Crippen molar-refractivity contribution in [2.75, 3.05) is 13.2 Å². The molecular formula is C12H17BrClFN2O2. The van der Waals surface area contributed by atoms with Crippen molar-refractivity contribution in [1.29, 1.82) is 0 Å². The average Bonchev–Trinajstić information content (AvgIpc) is 2.40. The van der Waals surface area contributed by atoms with Crippen molar-refractivity contribution in [2.45, 2.75) is 26.2 Å². The third-order valence-electron chi connectivity index (χ3n) is 2.51. The second kappa shape index (κ2) is 8.14. The van der Waals surface area contributed by atoms with Crippen LogP contribution in [0.5, 0.6) is 0 Å². The fourth-order valence-corrected chi connectivity index (χ4v) is 2.14. The van der Waals surface area contributed by atoms with Crippen LogP contribution in [0.15, 0.2) is 16.6 Å². The summed E-state index contributed by atoms with van der Waals surface area (Å²) in [6.07, 6.45) is -0.688. The standard InChI is InChI=1S/C12H17BrClFN2O2/c1-3-18-12(19-4-2)11(17-16)7-5-6-8(13)9(14)10(7)15/h5-6,11-12,17H,3-4,16H2,1-2H3. The monoisotopic (exact) mass is 354 g/mol. The van der Waals surface area contributed by atoms with Crippen LogP contribution in [0.2, 0.25) is 5.02 Å². The van der Waals surface area contributed by atoms with E-state index >= 15 is 0 Å². The molecule has 0 heterocycles. The van der Waals surface area contributed by atoms with E-state index in [-0.39, 0.29) is 5.02 Å². The van der Waals surface area contributed by atoms with Crippen molar-refractivity contribution >= 4 is 27.5 Å². The summed E-state index contributed by atoms with van der Waals surface area (Å²) in [5.74, 6) is 4.94. The van der Waals surface area contributed by atoms with E-state index < -0.39 is 18.1 Å². The minimum atomic E-state index is -0.688. The third-order valence-corrected chi connectivity index (χ3v) is 3.77. The van der Waals surface area contributed by atoms with Crippen LogP contribution < -0.4 is 11.3 Å². The Morgan fingerprint density at radius 3 is 2.42 bits per heavy atom. The van der Waals surface area contributed by atoms with E-state index in [1.807, 2.05) is 13.8 Å². The van der Waals surface area contributed by atoms with Crippen LogP contribution in [0.4, 0.5) is 4.39 Å². The summed E-state index contributed by atoms with van der Waals surface area (Å²) in [5.41, 5.74) is 2.81. The molecule has 7 heteroatoms. The molecule has 0 fully saturated rings. The van der Waals surface area contributed by atoms with Gasteiger partial charge in [0.1, 0.15) is 5.82 Å². The van der Waals surface area contributed by atoms with E-state index in [2.05, 4.69) is 21.4 Å². The Morgan fingerprint density at radius 1 is 1.37 bits per heavy atom. The van der Waals surface area contributed by atoms with E-state index in [4.69, 9.17) is 26.9 Å². The number of halogens is 3. The van der Waals surface area contributed by atoms with Crippen molar-refractivity contribution in [2.24, 2.45) is 5.84 Å². The summed E-state index contributed by atoms with van der Waals surface area (Å²) < 4.78 is 25.5. The highest BCUT2D eigenvalue weighted by atomic mass is 79.9. The van der Waals surface area contributed by atoms with Gasteiger partial charge in [0, 0.05) is 23.2 Å². The summed E-state index contributed by atoms with van der Waals surface area (Å²) in [6, 6.07) is 2.59. The smallest absolute Gasteiger partial charge is 0.178 e. The molecule has 0 aliphatic carbocycles. The molecule has 1 rings (SSSR count). The molecule has 1 unspecified atom stereocenters. The first-order valence-corrected chi connectivity index (χ1v) is 7.06. The van der Waals surface area contributed by atoms with Gasteiger partial charge in [-0.1, -0.05) is 17.7 Å². The maximum Gasteiger partial charge on any atom is 0.178 e. The Hall–Kier alpha value is -0.240. The molecule has 0 spiro atoms. The highest BCUT2D eigenvalue weighted by Crippen LogP contribution is 2.32. The number of nitrogens with one attached hydrogen (secondary N) is 1. The molecule has 0 saturated carbocycles. The topological polar surface area (TPSA) is 56.5 Å². The lowest BCUT2D eigenvalue weighted by molar-refractivity contribution is -0.155. The van der Waals surface area contributed by atoms with E-state index in [1.54, 1.807) is 12.1 Å². The van der Waals surface area contributed by atoms with Crippen LogP contribution in [0.1, 0.15) is 25.5 Å². The average molecular weight is 356 g/mol. The molecule has 0 amide bonds. The van der Waals surface area contributed by atoms with Crippen LogP contribution in [0.25, 0.3) is 0 Å². The molecule has 0 aliphatic heterocycles. The Labute approximate surface area is 125 Å². The quantitative estimate of drug-likeness (QED) is 0.341.